The predicted octanol–water partition coefficient (Wildman–Crippen LogP) is 6.39. The Balaban J connectivity index is 2.30. The van der Waals surface area contributed by atoms with Crippen molar-refractivity contribution in [1.82, 2.24) is 4.98 Å². The van der Waals surface area contributed by atoms with E-state index in [0.717, 1.165) is 5.56 Å². The van der Waals surface area contributed by atoms with Crippen LogP contribution in [0.4, 0.5) is 0 Å². The molecule has 0 spiro atoms. The van der Waals surface area contributed by atoms with Crippen molar-refractivity contribution in [2.75, 3.05) is 0 Å². The molecule has 0 fully saturated rings. The summed E-state index contributed by atoms with van der Waals surface area (Å²) in [6, 6.07) is 15.3. The van der Waals surface area contributed by atoms with Crippen molar-refractivity contribution in [3.63, 3.8) is 0 Å². The third kappa shape index (κ3) is 3.18. The van der Waals surface area contributed by atoms with Crippen molar-refractivity contribution >= 4 is 34.8 Å². The fourth-order valence-electron chi connectivity index (χ4n) is 2.31. The molecule has 1 heterocycles. The van der Waals surface area contributed by atoms with Gasteiger partial charge in [0.15, 0.2) is 0 Å². The van der Waals surface area contributed by atoms with Gasteiger partial charge in [0.05, 0.1) is 10.7 Å². The number of hydrogen-bond donors (Lipinski definition) is 0. The first-order valence-corrected chi connectivity index (χ1v) is 7.96. The molecular weight excluding hydrogens is 367 g/mol. The molecule has 3 rings (SSSR count). The van der Waals surface area contributed by atoms with E-state index < -0.39 is 5.88 Å². The van der Waals surface area contributed by atoms with Gasteiger partial charge >= 0.3 is 0 Å². The highest BCUT2D eigenvalue weighted by Crippen LogP contribution is 2.38. The molecule has 1 radical (unpaired) electrons. The Bertz CT molecular complexity index is 963. The molecule has 0 saturated heterocycles. The number of pyridine rings is 1. The second-order valence-electron chi connectivity index (χ2n) is 4.98. The molecular formula is C18H8Cl3N2O. The molecule has 0 bridgehead atoms. The summed E-state index contributed by atoms with van der Waals surface area (Å²) < 4.78 is 0. The minimum Gasteiger partial charge on any atom is -0.266 e. The highest BCUT2D eigenvalue weighted by atomic mass is 35.5. The summed E-state index contributed by atoms with van der Waals surface area (Å²) in [6.45, 7) is 0. The monoisotopic (exact) mass is 373 g/mol. The van der Waals surface area contributed by atoms with Gasteiger partial charge in [0, 0.05) is 21.2 Å². The fourth-order valence-corrected chi connectivity index (χ4v) is 2.94. The van der Waals surface area contributed by atoms with E-state index in [2.05, 4.69) is 4.98 Å². The molecule has 3 nitrogen and oxygen atoms in total. The Morgan fingerprint density at radius 2 is 1.54 bits per heavy atom. The van der Waals surface area contributed by atoms with Gasteiger partial charge in [-0.2, -0.15) is 5.26 Å². The van der Waals surface area contributed by atoms with Gasteiger partial charge in [-0.3, -0.25) is 5.11 Å². The van der Waals surface area contributed by atoms with Gasteiger partial charge < -0.3 is 0 Å². The van der Waals surface area contributed by atoms with Gasteiger partial charge in [-0.1, -0.05) is 46.9 Å². The Hall–Kier alpha value is -2.25. The van der Waals surface area contributed by atoms with Crippen molar-refractivity contribution in [2.24, 2.45) is 0 Å². The number of halogens is 3. The van der Waals surface area contributed by atoms with Crippen LogP contribution >= 0.6 is 34.8 Å². The van der Waals surface area contributed by atoms with Gasteiger partial charge in [0.25, 0.3) is 5.88 Å². The Kier molecular flexibility index (Phi) is 4.64. The molecule has 0 aliphatic heterocycles. The van der Waals surface area contributed by atoms with Crippen LogP contribution in [0.15, 0.2) is 48.5 Å². The van der Waals surface area contributed by atoms with Gasteiger partial charge in [-0.25, -0.2) is 4.98 Å². The third-order valence-corrected chi connectivity index (χ3v) is 4.25. The van der Waals surface area contributed by atoms with Crippen LogP contribution in [-0.2, 0) is 5.11 Å². The summed E-state index contributed by atoms with van der Waals surface area (Å²) in [6.07, 6.45) is 0. The second-order valence-corrected chi connectivity index (χ2v) is 6.26. The summed E-state index contributed by atoms with van der Waals surface area (Å²) in [5.74, 6) is -0.601. The maximum Gasteiger partial charge on any atom is 0.288 e. The normalized spacial score (nSPS) is 10.4. The zero-order chi connectivity index (χ0) is 17.3. The number of nitrogens with zero attached hydrogens (tertiary/aromatic N) is 2. The maximum atomic E-state index is 12.0. The fraction of sp³-hybridized carbons (Fsp3) is 0. The van der Waals surface area contributed by atoms with E-state index in [1.54, 1.807) is 42.5 Å². The topological polar surface area (TPSA) is 56.6 Å². The highest BCUT2D eigenvalue weighted by Gasteiger charge is 2.17. The van der Waals surface area contributed by atoms with Crippen LogP contribution in [0.25, 0.3) is 22.4 Å². The second kappa shape index (κ2) is 6.70. The first-order chi connectivity index (χ1) is 11.5. The summed E-state index contributed by atoms with van der Waals surface area (Å²) in [7, 11) is 0. The summed E-state index contributed by atoms with van der Waals surface area (Å²) in [4.78, 5) is 4.06. The Morgan fingerprint density at radius 1 is 0.875 bits per heavy atom. The first-order valence-electron chi connectivity index (χ1n) is 6.83. The van der Waals surface area contributed by atoms with E-state index in [4.69, 9.17) is 40.1 Å². The van der Waals surface area contributed by atoms with E-state index in [-0.39, 0.29) is 5.56 Å². The van der Waals surface area contributed by atoms with Crippen molar-refractivity contribution < 1.29 is 5.11 Å². The lowest BCUT2D eigenvalue weighted by Crippen LogP contribution is -1.93. The molecule has 1 aromatic heterocycles. The highest BCUT2D eigenvalue weighted by molar-refractivity contribution is 6.36. The zero-order valence-electron chi connectivity index (χ0n) is 12.1. The zero-order valence-corrected chi connectivity index (χ0v) is 14.3. The van der Waals surface area contributed by atoms with Gasteiger partial charge in [-0.05, 0) is 42.0 Å². The number of aromatic nitrogens is 1. The third-order valence-electron chi connectivity index (χ3n) is 3.45. The SMILES string of the molecule is N#Cc1cc(-c2ccc(Cl)cc2)c(-c2ccc(Cl)cc2Cl)nc1[O]. The summed E-state index contributed by atoms with van der Waals surface area (Å²) >= 11 is 18.1. The summed E-state index contributed by atoms with van der Waals surface area (Å²) in [5, 5.41) is 22.6. The number of nitriles is 1. The molecule has 0 saturated carbocycles. The molecule has 0 aliphatic carbocycles. The lowest BCUT2D eigenvalue weighted by Gasteiger charge is -2.12. The number of hydrogen-bond acceptors (Lipinski definition) is 2. The largest absolute Gasteiger partial charge is 0.288 e. The number of benzene rings is 2. The van der Waals surface area contributed by atoms with Crippen LogP contribution in [0.5, 0.6) is 5.88 Å². The van der Waals surface area contributed by atoms with Gasteiger partial charge in [0.1, 0.15) is 11.6 Å². The molecule has 6 heteroatoms. The standard InChI is InChI=1S/C18H8Cl3N2O/c19-12-3-1-10(2-4-12)15-7-11(9-22)18(24)23-17(15)14-6-5-13(20)8-16(14)21/h1-8H. The van der Waals surface area contributed by atoms with Crippen molar-refractivity contribution in [1.29, 1.82) is 5.26 Å². The van der Waals surface area contributed by atoms with Crippen LogP contribution in [0, 0.1) is 11.3 Å². The summed E-state index contributed by atoms with van der Waals surface area (Å²) in [5.41, 5.74) is 2.31. The van der Waals surface area contributed by atoms with Crippen molar-refractivity contribution in [3.05, 3.63) is 69.2 Å². The average molecular weight is 375 g/mol. The van der Waals surface area contributed by atoms with E-state index in [9.17, 15) is 5.11 Å². The van der Waals surface area contributed by atoms with Crippen LogP contribution in [0.1, 0.15) is 5.56 Å². The molecule has 24 heavy (non-hydrogen) atoms. The smallest absolute Gasteiger partial charge is 0.266 e. The van der Waals surface area contributed by atoms with Crippen molar-refractivity contribution in [2.45, 2.75) is 0 Å². The van der Waals surface area contributed by atoms with E-state index in [1.807, 2.05) is 6.07 Å². The van der Waals surface area contributed by atoms with Crippen LogP contribution in [-0.4, -0.2) is 4.98 Å². The van der Waals surface area contributed by atoms with Crippen molar-refractivity contribution in [3.8, 4) is 34.3 Å². The number of rotatable bonds is 2. The minimum atomic E-state index is -0.601. The van der Waals surface area contributed by atoms with E-state index >= 15 is 0 Å². The minimum absolute atomic E-state index is 0.0335. The molecule has 0 amide bonds. The van der Waals surface area contributed by atoms with E-state index in [0.29, 0.717) is 31.9 Å². The molecule has 0 unspecified atom stereocenters. The molecule has 0 N–H and O–H groups in total. The average Bonchev–Trinajstić information content (AvgIpc) is 2.56. The van der Waals surface area contributed by atoms with Gasteiger partial charge in [0.2, 0.25) is 0 Å². The lowest BCUT2D eigenvalue weighted by atomic mass is 9.98. The molecule has 0 aliphatic rings. The van der Waals surface area contributed by atoms with Crippen LogP contribution in [0.3, 0.4) is 0 Å². The Morgan fingerprint density at radius 3 is 2.17 bits per heavy atom. The van der Waals surface area contributed by atoms with Crippen LogP contribution < -0.4 is 0 Å². The molecule has 2 aromatic carbocycles. The van der Waals surface area contributed by atoms with Gasteiger partial charge in [-0.15, -0.1) is 0 Å². The first kappa shape index (κ1) is 16.6. The van der Waals surface area contributed by atoms with E-state index in [1.165, 1.54) is 6.07 Å². The molecule has 3 aromatic rings. The predicted molar refractivity (Wildman–Crippen MR) is 95.0 cm³/mol. The quantitative estimate of drug-likeness (QED) is 0.521. The Labute approximate surface area is 153 Å². The molecule has 0 atom stereocenters. The lowest BCUT2D eigenvalue weighted by molar-refractivity contribution is 0.336. The molecule has 117 valence electrons. The maximum absolute atomic E-state index is 12.0. The van der Waals surface area contributed by atoms with Crippen LogP contribution in [0.2, 0.25) is 15.1 Å².